The molecule has 0 aliphatic heterocycles. The van der Waals surface area contributed by atoms with Gasteiger partial charge >= 0.3 is 0 Å². The summed E-state index contributed by atoms with van der Waals surface area (Å²) in [6.07, 6.45) is 1.51. The van der Waals surface area contributed by atoms with E-state index < -0.39 is 0 Å². The molecule has 1 aromatic carbocycles. The summed E-state index contributed by atoms with van der Waals surface area (Å²) in [4.78, 5) is 11.9. The van der Waals surface area contributed by atoms with E-state index in [4.69, 9.17) is 16.0 Å². The summed E-state index contributed by atoms with van der Waals surface area (Å²) >= 11 is 5.81. The molecule has 0 aliphatic rings. The van der Waals surface area contributed by atoms with Gasteiger partial charge in [0.1, 0.15) is 5.76 Å². The molecule has 4 heteroatoms. The first-order chi connectivity index (χ1) is 9.04. The van der Waals surface area contributed by atoms with Crippen LogP contribution >= 0.6 is 11.6 Å². The third-order valence-corrected chi connectivity index (χ3v) is 2.77. The molecule has 0 atom stereocenters. The molecule has 2 rings (SSSR count). The number of hydrogen-bond acceptors (Lipinski definition) is 3. The second kappa shape index (κ2) is 5.76. The third-order valence-electron chi connectivity index (χ3n) is 2.52. The van der Waals surface area contributed by atoms with Crippen molar-refractivity contribution in [2.24, 2.45) is 0 Å². The van der Waals surface area contributed by atoms with Crippen LogP contribution in [0, 0.1) is 6.92 Å². The van der Waals surface area contributed by atoms with E-state index in [0.717, 1.165) is 17.1 Å². The molecule has 98 valence electrons. The predicted molar refractivity (Wildman–Crippen MR) is 76.6 cm³/mol. The fourth-order valence-corrected chi connectivity index (χ4v) is 1.76. The first-order valence-electron chi connectivity index (χ1n) is 5.86. The highest BCUT2D eigenvalue weighted by Crippen LogP contribution is 2.15. The molecular formula is C15H14ClNO2. The Morgan fingerprint density at radius 2 is 1.89 bits per heavy atom. The van der Waals surface area contributed by atoms with Crippen LogP contribution in [-0.2, 0) is 0 Å². The van der Waals surface area contributed by atoms with Crippen LogP contribution in [0.1, 0.15) is 23.2 Å². The van der Waals surface area contributed by atoms with Crippen molar-refractivity contribution in [3.63, 3.8) is 0 Å². The van der Waals surface area contributed by atoms with Crippen LogP contribution < -0.4 is 5.32 Å². The molecule has 2 aromatic rings. The van der Waals surface area contributed by atoms with Crippen molar-refractivity contribution < 1.29 is 9.21 Å². The van der Waals surface area contributed by atoms with Crippen molar-refractivity contribution in [1.29, 1.82) is 0 Å². The average molecular weight is 276 g/mol. The van der Waals surface area contributed by atoms with Crippen LogP contribution in [0.25, 0.3) is 0 Å². The van der Waals surface area contributed by atoms with E-state index in [-0.39, 0.29) is 5.78 Å². The summed E-state index contributed by atoms with van der Waals surface area (Å²) in [7, 11) is 0. The SMILES string of the molecule is CC(=CC(=O)c1ccc(C)o1)Nc1ccc(Cl)cc1. The minimum atomic E-state index is -0.160. The number of nitrogens with one attached hydrogen (secondary N) is 1. The lowest BCUT2D eigenvalue weighted by Gasteiger charge is -2.05. The minimum Gasteiger partial charge on any atom is -0.458 e. The monoisotopic (exact) mass is 275 g/mol. The summed E-state index contributed by atoms with van der Waals surface area (Å²) in [6.45, 7) is 3.63. The Hall–Kier alpha value is -2.00. The summed E-state index contributed by atoms with van der Waals surface area (Å²) in [5.74, 6) is 0.905. The molecule has 0 saturated heterocycles. The maximum Gasteiger partial charge on any atom is 0.222 e. The van der Waals surface area contributed by atoms with Crippen molar-refractivity contribution in [3.8, 4) is 0 Å². The zero-order valence-corrected chi connectivity index (χ0v) is 11.5. The number of furan rings is 1. The number of carbonyl (C=O) groups excluding carboxylic acids is 1. The largest absolute Gasteiger partial charge is 0.458 e. The van der Waals surface area contributed by atoms with Gasteiger partial charge < -0.3 is 9.73 Å². The predicted octanol–water partition coefficient (Wildman–Crippen LogP) is 4.44. The molecule has 1 N–H and O–H groups in total. The van der Waals surface area contributed by atoms with Gasteiger partial charge in [-0.25, -0.2) is 0 Å². The number of benzene rings is 1. The number of hydrogen-bond donors (Lipinski definition) is 1. The smallest absolute Gasteiger partial charge is 0.222 e. The highest BCUT2D eigenvalue weighted by atomic mass is 35.5. The molecule has 0 saturated carbocycles. The topological polar surface area (TPSA) is 42.2 Å². The lowest BCUT2D eigenvalue weighted by Crippen LogP contribution is -2.00. The first-order valence-corrected chi connectivity index (χ1v) is 6.24. The molecule has 3 nitrogen and oxygen atoms in total. The Morgan fingerprint density at radius 1 is 1.21 bits per heavy atom. The van der Waals surface area contributed by atoms with Crippen LogP contribution in [0.2, 0.25) is 5.02 Å². The van der Waals surface area contributed by atoms with Crippen LogP contribution in [0.5, 0.6) is 0 Å². The Kier molecular flexibility index (Phi) is 4.07. The number of anilines is 1. The van der Waals surface area contributed by atoms with Gasteiger partial charge in [-0.2, -0.15) is 0 Å². The van der Waals surface area contributed by atoms with E-state index in [9.17, 15) is 4.79 Å². The lowest BCUT2D eigenvalue weighted by molar-refractivity contribution is 0.102. The fourth-order valence-electron chi connectivity index (χ4n) is 1.63. The van der Waals surface area contributed by atoms with E-state index in [0.29, 0.717) is 10.8 Å². The Labute approximate surface area is 116 Å². The molecule has 0 radical (unpaired) electrons. The highest BCUT2D eigenvalue weighted by molar-refractivity contribution is 6.30. The maximum atomic E-state index is 11.9. The molecule has 0 spiro atoms. The second-order valence-electron chi connectivity index (χ2n) is 4.23. The van der Waals surface area contributed by atoms with Crippen molar-refractivity contribution in [2.45, 2.75) is 13.8 Å². The van der Waals surface area contributed by atoms with E-state index in [1.807, 2.05) is 19.1 Å². The van der Waals surface area contributed by atoms with E-state index >= 15 is 0 Å². The average Bonchev–Trinajstić information content (AvgIpc) is 2.79. The van der Waals surface area contributed by atoms with Crippen LogP contribution in [0.3, 0.4) is 0 Å². The normalized spacial score (nSPS) is 11.4. The van der Waals surface area contributed by atoms with Gasteiger partial charge in [-0.15, -0.1) is 0 Å². The number of ketones is 1. The van der Waals surface area contributed by atoms with Gasteiger partial charge in [-0.3, -0.25) is 4.79 Å². The van der Waals surface area contributed by atoms with Gasteiger partial charge in [0.2, 0.25) is 5.78 Å². The molecule has 0 bridgehead atoms. The Bertz CT molecular complexity index is 611. The third kappa shape index (κ3) is 3.73. The summed E-state index contributed by atoms with van der Waals surface area (Å²) in [5.41, 5.74) is 1.61. The summed E-state index contributed by atoms with van der Waals surface area (Å²) in [6, 6.07) is 10.7. The number of aryl methyl sites for hydroxylation is 1. The quantitative estimate of drug-likeness (QED) is 0.662. The van der Waals surface area contributed by atoms with Crippen molar-refractivity contribution in [1.82, 2.24) is 0 Å². The Morgan fingerprint density at radius 3 is 2.47 bits per heavy atom. The number of rotatable bonds is 4. The standard InChI is InChI=1S/C15H14ClNO2/c1-10(17-13-6-4-12(16)5-7-13)9-14(18)15-8-3-11(2)19-15/h3-9,17H,1-2H3. The van der Waals surface area contributed by atoms with E-state index in [1.54, 1.807) is 31.2 Å². The van der Waals surface area contributed by atoms with E-state index in [1.165, 1.54) is 6.08 Å². The van der Waals surface area contributed by atoms with Gasteiger partial charge in [0.25, 0.3) is 0 Å². The number of allylic oxidation sites excluding steroid dienone is 2. The van der Waals surface area contributed by atoms with Gasteiger partial charge in [-0.05, 0) is 50.2 Å². The molecule has 0 amide bonds. The highest BCUT2D eigenvalue weighted by Gasteiger charge is 2.07. The molecule has 0 unspecified atom stereocenters. The van der Waals surface area contributed by atoms with Gasteiger partial charge in [0.15, 0.2) is 5.76 Å². The first kappa shape index (κ1) is 13.4. The van der Waals surface area contributed by atoms with Crippen molar-refractivity contribution >= 4 is 23.1 Å². The van der Waals surface area contributed by atoms with Crippen LogP contribution in [0.4, 0.5) is 5.69 Å². The molecular weight excluding hydrogens is 262 g/mol. The maximum absolute atomic E-state index is 11.9. The van der Waals surface area contributed by atoms with Crippen LogP contribution in [0.15, 0.2) is 52.6 Å². The summed E-state index contributed by atoms with van der Waals surface area (Å²) < 4.78 is 5.27. The molecule has 19 heavy (non-hydrogen) atoms. The molecule has 1 aromatic heterocycles. The van der Waals surface area contributed by atoms with E-state index in [2.05, 4.69) is 5.32 Å². The lowest BCUT2D eigenvalue weighted by atomic mass is 10.2. The second-order valence-corrected chi connectivity index (χ2v) is 4.67. The fraction of sp³-hybridized carbons (Fsp3) is 0.133. The minimum absolute atomic E-state index is 0.160. The molecule has 0 fully saturated rings. The molecule has 1 heterocycles. The number of carbonyl (C=O) groups is 1. The van der Waals surface area contributed by atoms with Gasteiger partial charge in [-0.1, -0.05) is 11.6 Å². The summed E-state index contributed by atoms with van der Waals surface area (Å²) in [5, 5.41) is 3.79. The Balaban J connectivity index is 2.06. The van der Waals surface area contributed by atoms with Gasteiger partial charge in [0.05, 0.1) is 0 Å². The zero-order chi connectivity index (χ0) is 13.8. The number of halogens is 1. The van der Waals surface area contributed by atoms with Crippen LogP contribution in [-0.4, -0.2) is 5.78 Å². The molecule has 0 aliphatic carbocycles. The van der Waals surface area contributed by atoms with Crippen molar-refractivity contribution in [2.75, 3.05) is 5.32 Å². The zero-order valence-electron chi connectivity index (χ0n) is 10.7. The van der Waals surface area contributed by atoms with Crippen molar-refractivity contribution in [3.05, 3.63) is 64.7 Å². The van der Waals surface area contributed by atoms with Gasteiger partial charge in [0, 0.05) is 22.5 Å².